The highest BCUT2D eigenvalue weighted by Gasteiger charge is 2.26. The molecule has 2 heteroatoms. The Morgan fingerprint density at radius 2 is 2.25 bits per heavy atom. The first-order valence-corrected chi connectivity index (χ1v) is 4.87. The van der Waals surface area contributed by atoms with Gasteiger partial charge in [-0.1, -0.05) is 26.2 Å². The molecule has 2 nitrogen and oxygen atoms in total. The smallest absolute Gasteiger partial charge is 0.302 e. The molecule has 0 saturated heterocycles. The monoisotopic (exact) mass is 170 g/mol. The third kappa shape index (κ3) is 2.50. The molecule has 70 valence electrons. The van der Waals surface area contributed by atoms with Gasteiger partial charge in [-0.05, 0) is 18.3 Å². The van der Waals surface area contributed by atoms with Crippen LogP contribution in [0.4, 0.5) is 0 Å². The Balaban J connectivity index is 2.20. The molecule has 1 aliphatic rings. The number of carbonyl (C=O) groups is 1. The Morgan fingerprint density at radius 3 is 2.58 bits per heavy atom. The normalized spacial score (nSPS) is 19.8. The second kappa shape index (κ2) is 4.48. The number of ether oxygens (including phenoxy) is 1. The molecule has 0 heterocycles. The highest BCUT2D eigenvalue weighted by Crippen LogP contribution is 2.35. The van der Waals surface area contributed by atoms with Crippen molar-refractivity contribution in [2.24, 2.45) is 11.8 Å². The van der Waals surface area contributed by atoms with Crippen LogP contribution in [0.2, 0.25) is 0 Å². The Morgan fingerprint density at radius 1 is 1.58 bits per heavy atom. The van der Waals surface area contributed by atoms with Gasteiger partial charge in [0, 0.05) is 6.92 Å². The predicted octanol–water partition coefficient (Wildman–Crippen LogP) is 2.38. The lowest BCUT2D eigenvalue weighted by Gasteiger charge is -2.32. The molecule has 1 rings (SSSR count). The van der Waals surface area contributed by atoms with Crippen LogP contribution in [-0.2, 0) is 9.53 Å². The lowest BCUT2D eigenvalue weighted by Crippen LogP contribution is -2.26. The lowest BCUT2D eigenvalue weighted by atomic mass is 9.75. The third-order valence-electron chi connectivity index (χ3n) is 2.84. The van der Waals surface area contributed by atoms with Crippen molar-refractivity contribution in [3.63, 3.8) is 0 Å². The highest BCUT2D eigenvalue weighted by molar-refractivity contribution is 5.65. The summed E-state index contributed by atoms with van der Waals surface area (Å²) >= 11 is 0. The molecule has 1 saturated carbocycles. The molecule has 1 aliphatic carbocycles. The van der Waals surface area contributed by atoms with Gasteiger partial charge in [-0.3, -0.25) is 4.79 Å². The van der Waals surface area contributed by atoms with E-state index in [-0.39, 0.29) is 5.97 Å². The second-order valence-corrected chi connectivity index (χ2v) is 3.66. The van der Waals surface area contributed by atoms with E-state index in [2.05, 4.69) is 6.92 Å². The van der Waals surface area contributed by atoms with Crippen LogP contribution in [0.3, 0.4) is 0 Å². The van der Waals surface area contributed by atoms with Crippen molar-refractivity contribution in [2.75, 3.05) is 6.61 Å². The zero-order valence-electron chi connectivity index (χ0n) is 8.01. The Hall–Kier alpha value is -0.530. The summed E-state index contributed by atoms with van der Waals surface area (Å²) in [6, 6.07) is 0. The van der Waals surface area contributed by atoms with Gasteiger partial charge in [0.25, 0.3) is 0 Å². The summed E-state index contributed by atoms with van der Waals surface area (Å²) in [5, 5.41) is 0. The van der Waals surface area contributed by atoms with Gasteiger partial charge in [-0.2, -0.15) is 0 Å². The fraction of sp³-hybridized carbons (Fsp3) is 0.900. The zero-order valence-corrected chi connectivity index (χ0v) is 8.01. The van der Waals surface area contributed by atoms with E-state index >= 15 is 0 Å². The van der Waals surface area contributed by atoms with Gasteiger partial charge in [0.15, 0.2) is 0 Å². The Labute approximate surface area is 74.3 Å². The van der Waals surface area contributed by atoms with Gasteiger partial charge in [-0.15, -0.1) is 0 Å². The number of hydrogen-bond donors (Lipinski definition) is 0. The van der Waals surface area contributed by atoms with E-state index in [0.29, 0.717) is 12.5 Å². The summed E-state index contributed by atoms with van der Waals surface area (Å²) in [7, 11) is 0. The van der Waals surface area contributed by atoms with Crippen LogP contribution in [0.1, 0.15) is 39.5 Å². The molecule has 0 bridgehead atoms. The van der Waals surface area contributed by atoms with Crippen molar-refractivity contribution in [1.82, 2.24) is 0 Å². The summed E-state index contributed by atoms with van der Waals surface area (Å²) in [4.78, 5) is 10.6. The van der Waals surface area contributed by atoms with Crippen LogP contribution in [0, 0.1) is 11.8 Å². The predicted molar refractivity (Wildman–Crippen MR) is 47.8 cm³/mol. The summed E-state index contributed by atoms with van der Waals surface area (Å²) in [6.45, 7) is 4.29. The summed E-state index contributed by atoms with van der Waals surface area (Å²) in [5.74, 6) is 1.30. The molecule has 0 aromatic carbocycles. The zero-order chi connectivity index (χ0) is 8.97. The minimum atomic E-state index is -0.146. The fourth-order valence-corrected chi connectivity index (χ4v) is 1.72. The van der Waals surface area contributed by atoms with Crippen LogP contribution < -0.4 is 0 Å². The number of esters is 1. The summed E-state index contributed by atoms with van der Waals surface area (Å²) < 4.78 is 5.01. The van der Waals surface area contributed by atoms with E-state index in [1.54, 1.807) is 0 Å². The van der Waals surface area contributed by atoms with E-state index in [9.17, 15) is 4.79 Å². The minimum Gasteiger partial charge on any atom is -0.466 e. The molecule has 0 radical (unpaired) electrons. The van der Waals surface area contributed by atoms with Gasteiger partial charge in [0.05, 0.1) is 6.61 Å². The second-order valence-electron chi connectivity index (χ2n) is 3.66. The van der Waals surface area contributed by atoms with Gasteiger partial charge >= 0.3 is 5.97 Å². The summed E-state index contributed by atoms with van der Waals surface area (Å²) in [6.07, 6.45) is 5.17. The minimum absolute atomic E-state index is 0.146. The van der Waals surface area contributed by atoms with Crippen molar-refractivity contribution in [3.8, 4) is 0 Å². The van der Waals surface area contributed by atoms with E-state index < -0.39 is 0 Å². The first kappa shape index (κ1) is 9.56. The van der Waals surface area contributed by atoms with Crippen molar-refractivity contribution < 1.29 is 9.53 Å². The molecule has 12 heavy (non-hydrogen) atoms. The SMILES string of the molecule is CCC(COC(C)=O)C1CCC1. The van der Waals surface area contributed by atoms with Crippen molar-refractivity contribution in [1.29, 1.82) is 0 Å². The lowest BCUT2D eigenvalue weighted by molar-refractivity contribution is -0.143. The van der Waals surface area contributed by atoms with Crippen molar-refractivity contribution >= 4 is 5.97 Å². The van der Waals surface area contributed by atoms with E-state index in [1.807, 2.05) is 0 Å². The topological polar surface area (TPSA) is 26.3 Å². The Kier molecular flexibility index (Phi) is 3.57. The average molecular weight is 170 g/mol. The van der Waals surface area contributed by atoms with Crippen LogP contribution >= 0.6 is 0 Å². The van der Waals surface area contributed by atoms with Gasteiger partial charge in [0.1, 0.15) is 0 Å². The maximum atomic E-state index is 10.6. The van der Waals surface area contributed by atoms with Crippen LogP contribution in [0.5, 0.6) is 0 Å². The molecule has 0 spiro atoms. The fourth-order valence-electron chi connectivity index (χ4n) is 1.72. The summed E-state index contributed by atoms with van der Waals surface area (Å²) in [5.41, 5.74) is 0. The first-order chi connectivity index (χ1) is 5.74. The van der Waals surface area contributed by atoms with E-state index in [0.717, 1.165) is 12.3 Å². The number of hydrogen-bond acceptors (Lipinski definition) is 2. The molecule has 0 aromatic rings. The van der Waals surface area contributed by atoms with Crippen molar-refractivity contribution in [3.05, 3.63) is 0 Å². The quantitative estimate of drug-likeness (QED) is 0.605. The van der Waals surface area contributed by atoms with Gasteiger partial charge in [0.2, 0.25) is 0 Å². The number of carbonyl (C=O) groups excluding carboxylic acids is 1. The highest BCUT2D eigenvalue weighted by atomic mass is 16.5. The van der Waals surface area contributed by atoms with Crippen LogP contribution in [0.25, 0.3) is 0 Å². The molecule has 1 fully saturated rings. The number of rotatable bonds is 4. The van der Waals surface area contributed by atoms with E-state index in [1.165, 1.54) is 26.2 Å². The Bertz CT molecular complexity index is 150. The molecule has 0 aliphatic heterocycles. The standard InChI is InChI=1S/C10H18O2/c1-3-9(7-12-8(2)11)10-5-4-6-10/h9-10H,3-7H2,1-2H3. The van der Waals surface area contributed by atoms with Gasteiger partial charge < -0.3 is 4.74 Å². The third-order valence-corrected chi connectivity index (χ3v) is 2.84. The average Bonchev–Trinajstić information content (AvgIpc) is 1.93. The van der Waals surface area contributed by atoms with Crippen LogP contribution in [0.15, 0.2) is 0 Å². The molecule has 1 atom stereocenters. The largest absolute Gasteiger partial charge is 0.466 e. The molecule has 1 unspecified atom stereocenters. The van der Waals surface area contributed by atoms with E-state index in [4.69, 9.17) is 4.74 Å². The molecule has 0 amide bonds. The van der Waals surface area contributed by atoms with Crippen LogP contribution in [-0.4, -0.2) is 12.6 Å². The molecular formula is C10H18O2. The molecule has 0 N–H and O–H groups in total. The molecular weight excluding hydrogens is 152 g/mol. The molecule has 0 aromatic heterocycles. The van der Waals surface area contributed by atoms with Gasteiger partial charge in [-0.25, -0.2) is 0 Å². The van der Waals surface area contributed by atoms with Crippen molar-refractivity contribution in [2.45, 2.75) is 39.5 Å². The maximum absolute atomic E-state index is 10.6. The maximum Gasteiger partial charge on any atom is 0.302 e. The first-order valence-electron chi connectivity index (χ1n) is 4.87.